The van der Waals surface area contributed by atoms with Gasteiger partial charge in [0.2, 0.25) is 0 Å². The smallest absolute Gasteiger partial charge is 2.00 e. The molecule has 0 aliphatic rings. The average molecular weight is 373 g/mol. The van der Waals surface area contributed by atoms with Crippen LogP contribution in [0.2, 0.25) is 0 Å². The van der Waals surface area contributed by atoms with E-state index in [-0.39, 0.29) is 109 Å². The molecule has 0 saturated carbocycles. The first-order valence-electron chi connectivity index (χ1n) is 0. The fraction of sp³-hybridized carbons (Fsp3) is 0. The summed E-state index contributed by atoms with van der Waals surface area (Å²) in [4.78, 5) is 0. The van der Waals surface area contributed by atoms with Crippen molar-refractivity contribution in [2.24, 2.45) is 0 Å². The molecule has 0 aromatic heterocycles. The van der Waals surface area contributed by atoms with Gasteiger partial charge in [0.15, 0.2) is 0 Å². The van der Waals surface area contributed by atoms with E-state index in [2.05, 4.69) is 0 Å². The van der Waals surface area contributed by atoms with Crippen LogP contribution in [-0.4, -0.2) is 11.0 Å². The van der Waals surface area contributed by atoms with Crippen LogP contribution in [0.4, 0.5) is 0 Å². The average Bonchev–Trinajstić information content (AvgIpc) is 0. The normalized spacial score (nSPS) is 0. The molecular weight excluding hydrogens is 368 g/mol. The van der Waals surface area contributed by atoms with E-state index in [1.807, 2.05) is 0 Å². The molecule has 0 aromatic carbocycles. The predicted molar refractivity (Wildman–Crippen MR) is 9.29 cm³/mol. The maximum Gasteiger partial charge on any atom is 3.00 e. The minimum absolute atomic E-state index is 0. The largest absolute Gasteiger partial charge is 3.00 e. The van der Waals surface area contributed by atoms with E-state index in [9.17, 15) is 0 Å². The first-order valence-corrected chi connectivity index (χ1v) is 0. The maximum absolute atomic E-state index is 0. The Bertz CT molecular complexity index is 6.04. The number of hydrogen-bond acceptors (Lipinski definition) is 0. The summed E-state index contributed by atoms with van der Waals surface area (Å²) in [7, 11) is 0. The minimum Gasteiger partial charge on any atom is -2.00 e. The van der Waals surface area contributed by atoms with Crippen molar-refractivity contribution in [3.05, 3.63) is 0 Å². The standard InChI is InChI=1S/2Nd.2H2O.3O/h;;2*1H2;;;/q2*+3;;;3*-2. The van der Waals surface area contributed by atoms with Crippen molar-refractivity contribution in [1.82, 2.24) is 0 Å². The Morgan fingerprint density at radius 1 is 0.429 bits per heavy atom. The van der Waals surface area contributed by atoms with Crippen LogP contribution in [0.5, 0.6) is 0 Å². The van der Waals surface area contributed by atoms with Crippen molar-refractivity contribution in [3.63, 3.8) is 0 Å². The Morgan fingerprint density at radius 3 is 0.429 bits per heavy atom. The molecule has 0 atom stereocenters. The topological polar surface area (TPSA) is 148 Å². The molecule has 0 aromatic rings. The third-order valence-corrected chi connectivity index (χ3v) is 0. The molecule has 0 bridgehead atoms. The molecule has 7 heavy (non-hydrogen) atoms. The van der Waals surface area contributed by atoms with Crippen LogP contribution >= 0.6 is 0 Å². The summed E-state index contributed by atoms with van der Waals surface area (Å²) in [6.07, 6.45) is 0. The van der Waals surface area contributed by atoms with Gasteiger partial charge in [0.1, 0.15) is 0 Å². The summed E-state index contributed by atoms with van der Waals surface area (Å²) in [5, 5.41) is 0. The van der Waals surface area contributed by atoms with Gasteiger partial charge in [-0.3, -0.25) is 0 Å². The summed E-state index contributed by atoms with van der Waals surface area (Å²) in [5.74, 6) is 0. The molecular formula is H4Nd2O5. The zero-order valence-corrected chi connectivity index (χ0v) is 9.64. The van der Waals surface area contributed by atoms with Gasteiger partial charge in [-0.2, -0.15) is 0 Å². The van der Waals surface area contributed by atoms with Crippen LogP contribution in [0.1, 0.15) is 0 Å². The van der Waals surface area contributed by atoms with E-state index < -0.39 is 0 Å². The second-order valence-electron chi connectivity index (χ2n) is 0. The Labute approximate surface area is 107 Å². The van der Waals surface area contributed by atoms with Gasteiger partial charge in [0.25, 0.3) is 0 Å². The van der Waals surface area contributed by atoms with Crippen LogP contribution in [0.25, 0.3) is 0 Å². The van der Waals surface area contributed by atoms with Gasteiger partial charge in [-0.25, -0.2) is 0 Å². The van der Waals surface area contributed by atoms with Gasteiger partial charge in [-0.05, 0) is 0 Å². The molecule has 7 heteroatoms. The monoisotopic (exact) mass is 368 g/mol. The first kappa shape index (κ1) is 110. The molecule has 0 aliphatic carbocycles. The van der Waals surface area contributed by atoms with Gasteiger partial charge in [0, 0.05) is 0 Å². The fourth-order valence-corrected chi connectivity index (χ4v) is 0. The van der Waals surface area contributed by atoms with Crippen LogP contribution in [0, 0.1) is 81.7 Å². The van der Waals surface area contributed by atoms with E-state index in [0.29, 0.717) is 0 Å². The molecule has 0 heterocycles. The van der Waals surface area contributed by atoms with E-state index in [4.69, 9.17) is 0 Å². The van der Waals surface area contributed by atoms with Crippen LogP contribution < -0.4 is 0 Å². The fourth-order valence-electron chi connectivity index (χ4n) is 0. The zero-order chi connectivity index (χ0) is 0. The molecule has 0 rings (SSSR count). The molecule has 0 aliphatic heterocycles. The van der Waals surface area contributed by atoms with Gasteiger partial charge in [0.05, 0.1) is 0 Å². The summed E-state index contributed by atoms with van der Waals surface area (Å²) >= 11 is 0. The zero-order valence-electron chi connectivity index (χ0n) is 3.22. The maximum atomic E-state index is 0. The molecule has 2 radical (unpaired) electrons. The number of hydrogen-bond donors (Lipinski definition) is 0. The Hall–Kier alpha value is 2.50. The Morgan fingerprint density at radius 2 is 0.429 bits per heavy atom. The summed E-state index contributed by atoms with van der Waals surface area (Å²) in [6.45, 7) is 0. The third-order valence-electron chi connectivity index (χ3n) is 0. The molecule has 0 spiro atoms. The van der Waals surface area contributed by atoms with Crippen molar-refractivity contribution in [1.29, 1.82) is 0 Å². The molecule has 0 saturated heterocycles. The van der Waals surface area contributed by atoms with Crippen LogP contribution in [0.3, 0.4) is 0 Å². The molecule has 0 amide bonds. The Kier molecular flexibility index (Phi) is 1200. The van der Waals surface area contributed by atoms with Gasteiger partial charge >= 0.3 is 81.7 Å². The van der Waals surface area contributed by atoms with Gasteiger partial charge in [-0.15, -0.1) is 0 Å². The van der Waals surface area contributed by atoms with E-state index in [1.165, 1.54) is 0 Å². The third kappa shape index (κ3) is 57.4. The van der Waals surface area contributed by atoms with E-state index >= 15 is 0 Å². The van der Waals surface area contributed by atoms with Crippen molar-refractivity contribution >= 4 is 0 Å². The second kappa shape index (κ2) is 76.5. The van der Waals surface area contributed by atoms with Crippen molar-refractivity contribution in [2.45, 2.75) is 0 Å². The predicted octanol–water partition coefficient (Wildman–Crippen LogP) is -2.01. The van der Waals surface area contributed by atoms with E-state index in [1.54, 1.807) is 0 Å². The molecule has 0 fully saturated rings. The molecule has 42 valence electrons. The SMILES string of the molecule is O.O.[Nd+3].[Nd+3].[O-2].[O-2].[O-2]. The van der Waals surface area contributed by atoms with E-state index in [0.717, 1.165) is 0 Å². The van der Waals surface area contributed by atoms with Crippen LogP contribution in [-0.2, 0) is 16.4 Å². The quantitative estimate of drug-likeness (QED) is 0.462. The number of rotatable bonds is 0. The summed E-state index contributed by atoms with van der Waals surface area (Å²) in [5.41, 5.74) is 0. The molecule has 0 unspecified atom stereocenters. The minimum atomic E-state index is 0. The van der Waals surface area contributed by atoms with Crippen molar-refractivity contribution in [2.75, 3.05) is 0 Å². The van der Waals surface area contributed by atoms with Gasteiger partial charge in [-0.1, -0.05) is 0 Å². The van der Waals surface area contributed by atoms with Crippen molar-refractivity contribution < 1.29 is 109 Å². The van der Waals surface area contributed by atoms with Crippen molar-refractivity contribution in [3.8, 4) is 0 Å². The Balaban J connectivity index is 0. The summed E-state index contributed by atoms with van der Waals surface area (Å²) in [6, 6.07) is 0. The summed E-state index contributed by atoms with van der Waals surface area (Å²) < 4.78 is 0. The van der Waals surface area contributed by atoms with Crippen LogP contribution in [0.15, 0.2) is 0 Å². The molecule has 5 nitrogen and oxygen atoms in total. The second-order valence-corrected chi connectivity index (χ2v) is 0. The first-order chi connectivity index (χ1) is 0. The molecule has 4 N–H and O–H groups in total. The van der Waals surface area contributed by atoms with Gasteiger partial charge < -0.3 is 27.4 Å².